The Bertz CT molecular complexity index is 6700. The molecule has 24 heteroatoms. The maximum atomic E-state index is 14.7. The van der Waals surface area contributed by atoms with Gasteiger partial charge in [0.2, 0.25) is 0 Å². The predicted molar refractivity (Wildman–Crippen MR) is 526 cm³/mol. The molecule has 8 heterocycles. The monoisotopic (exact) mass is 2160 g/mol. The topological polar surface area (TPSA) is 176 Å². The molecule has 4 aliphatic rings. The van der Waals surface area contributed by atoms with Gasteiger partial charge in [-0.3, -0.25) is 38.4 Å². The zero-order valence-corrected chi connectivity index (χ0v) is 79.4. The number of fused-ring (bicyclic) bond motifs is 8. The van der Waals surface area contributed by atoms with Crippen LogP contribution >= 0.6 is 50.5 Å². The second kappa shape index (κ2) is 39.6. The third-order valence-corrected chi connectivity index (χ3v) is 38.5. The number of nitrogens with zero attached hydrogens (tertiary/aromatic N) is 8. The van der Waals surface area contributed by atoms with Crippen LogP contribution in [0.1, 0.15) is 90.8 Å². The van der Waals surface area contributed by atoms with Crippen LogP contribution in [0.25, 0.3) is 43.1 Å². The van der Waals surface area contributed by atoms with Crippen LogP contribution in [-0.2, 0) is 37.5 Å². The van der Waals surface area contributed by atoms with E-state index < -0.39 is 48.2 Å². The quantitative estimate of drug-likeness (QED) is 0.0809. The van der Waals surface area contributed by atoms with E-state index in [0.29, 0.717) is 43.1 Å². The molecule has 14 aromatic carbocycles. The summed E-state index contributed by atoms with van der Waals surface area (Å²) < 4.78 is 14.0. The molecule has 0 fully saturated rings. The summed E-state index contributed by atoms with van der Waals surface area (Å²) in [6.45, 7) is 0. The van der Waals surface area contributed by atoms with Gasteiger partial charge in [-0.25, -0.2) is 18.7 Å². The summed E-state index contributed by atoms with van der Waals surface area (Å²) in [5, 5.41) is 5.97. The van der Waals surface area contributed by atoms with Crippen LogP contribution in [0, 0.1) is 14.9 Å². The van der Waals surface area contributed by atoms with Gasteiger partial charge in [-0.2, -0.15) is 18.7 Å². The molecule has 8 atom stereocenters. The van der Waals surface area contributed by atoms with Crippen molar-refractivity contribution in [3.8, 4) is 0 Å². The summed E-state index contributed by atoms with van der Waals surface area (Å²) in [4.78, 5) is 115. The van der Waals surface area contributed by atoms with E-state index in [-0.39, 0.29) is 127 Å². The second-order valence-corrected chi connectivity index (χ2v) is 45.2. The summed E-state index contributed by atoms with van der Waals surface area (Å²) in [5.74, 6) is -2.24. The second-order valence-electron chi connectivity index (χ2n) is 31.2. The zero-order valence-electron chi connectivity index (χ0n) is 69.4. The number of hydrogen-bond acceptors (Lipinski definition) is 8. The van der Waals surface area contributed by atoms with Crippen molar-refractivity contribution in [3.05, 3.63) is 543 Å². The van der Waals surface area contributed by atoms with Gasteiger partial charge in [0.15, 0.2) is 46.3 Å². The first-order chi connectivity index (χ1) is 61.4. The summed E-state index contributed by atoms with van der Waals surface area (Å²) in [6, 6.07) is 130. The molecule has 4 aromatic heterocycles. The van der Waals surface area contributed by atoms with Crippen LogP contribution in [0.3, 0.4) is 0 Å². The molecule has 0 saturated carbocycles. The Hall–Kier alpha value is -11.5. The molecule has 0 saturated heterocycles. The molecule has 642 valence electrons. The Labute approximate surface area is 773 Å². The number of halogens is 2. The molecule has 4 aliphatic heterocycles. The fraction of sp³-hybridized carbons (Fsp3) is 0.0962. The number of hydrogen-bond donors (Lipinski definition) is 0. The third-order valence-electron chi connectivity index (χ3n) is 24.5. The molecule has 128 heavy (non-hydrogen) atoms. The fourth-order valence-corrected chi connectivity index (χ4v) is 35.3. The van der Waals surface area contributed by atoms with E-state index >= 15 is 0 Å². The first kappa shape index (κ1) is 89.9. The Morgan fingerprint density at radius 1 is 0.195 bits per heavy atom. The van der Waals surface area contributed by atoms with Crippen LogP contribution in [0.2, 0.25) is 0 Å². The van der Waals surface area contributed by atoms with Gasteiger partial charge in [0.1, 0.15) is 0 Å². The van der Waals surface area contributed by atoms with Crippen molar-refractivity contribution < 1.29 is 37.5 Å². The average Bonchev–Trinajstić information content (AvgIpc) is 1.57. The van der Waals surface area contributed by atoms with Crippen molar-refractivity contribution in [1.29, 1.82) is 0 Å². The van der Waals surface area contributed by atoms with Gasteiger partial charge in [-0.15, -0.1) is 0 Å². The maximum Gasteiger partial charge on any atom is 2.00 e. The van der Waals surface area contributed by atoms with E-state index in [1.807, 2.05) is 231 Å². The number of benzene rings is 14. The summed E-state index contributed by atoms with van der Waals surface area (Å²) >= 11 is -0.472. The largest absolute Gasteiger partial charge is 2.00 e. The first-order valence-electron chi connectivity index (χ1n) is 41.3. The van der Waals surface area contributed by atoms with Crippen molar-refractivity contribution >= 4 is 104 Å². The van der Waals surface area contributed by atoms with Crippen molar-refractivity contribution in [2.24, 2.45) is 0 Å². The molecule has 0 bridgehead atoms. The van der Waals surface area contributed by atoms with Crippen LogP contribution < -0.4 is 55.1 Å². The fourth-order valence-electron chi connectivity index (χ4n) is 19.4. The Morgan fingerprint density at radius 3 is 0.461 bits per heavy atom. The van der Waals surface area contributed by atoms with Crippen LogP contribution in [0.15, 0.2) is 439 Å². The van der Waals surface area contributed by atoms with Gasteiger partial charge in [0.05, 0.1) is 97.7 Å². The van der Waals surface area contributed by atoms with Crippen LogP contribution in [0.4, 0.5) is 0 Å². The normalized spacial score (nSPS) is 17.8. The van der Waals surface area contributed by atoms with Gasteiger partial charge < -0.3 is 14.9 Å². The van der Waals surface area contributed by atoms with Crippen LogP contribution in [0.5, 0.6) is 0 Å². The van der Waals surface area contributed by atoms with E-state index in [2.05, 4.69) is 121 Å². The first-order valence-corrected chi connectivity index (χ1v) is 53.9. The van der Waals surface area contributed by atoms with Gasteiger partial charge in [0, 0.05) is 44.5 Å². The summed E-state index contributed by atoms with van der Waals surface area (Å²) in [5.41, 5.74) is 7.04. The molecule has 16 nitrogen and oxygen atoms in total. The van der Waals surface area contributed by atoms with Gasteiger partial charge >= 0.3 is 56.4 Å². The zero-order chi connectivity index (χ0) is 85.3. The average molecular weight is 2160 g/mol. The number of rotatable bonds is 13. The molecular weight excluding hydrogens is 2070 g/mol. The van der Waals surface area contributed by atoms with E-state index in [1.165, 1.54) is 10.6 Å². The minimum absolute atomic E-state index is 0. The Kier molecular flexibility index (Phi) is 27.8. The molecule has 0 unspecified atom stereocenters. The molecule has 0 aliphatic carbocycles. The van der Waals surface area contributed by atoms with E-state index in [4.69, 9.17) is 18.8 Å². The van der Waals surface area contributed by atoms with E-state index in [9.17, 15) is 38.4 Å². The van der Waals surface area contributed by atoms with Gasteiger partial charge in [-0.05, 0) is 72.8 Å². The minimum atomic E-state index is -1.74. The van der Waals surface area contributed by atoms with Crippen molar-refractivity contribution in [2.45, 2.75) is 46.3 Å². The Morgan fingerprint density at radius 2 is 0.312 bits per heavy atom. The molecule has 0 radical (unpaired) electrons. The minimum Gasteiger partial charge on any atom is 2.00 e. The molecule has 0 N–H and O–H groups in total. The summed E-state index contributed by atoms with van der Waals surface area (Å²) in [6.07, 6.45) is 1.46. The molecule has 22 rings (SSSR count). The maximum absolute atomic E-state index is 14.7. The van der Waals surface area contributed by atoms with Gasteiger partial charge in [0.25, 0.3) is 44.5 Å². The third kappa shape index (κ3) is 16.2. The standard InChI is InChI=1S/C46H36N4O4P2.2C28H21N2O2P.2CH3.2ClH.2Pt/c51-39-35-25-13-14-26-36(35)40(52)48-44(32-19-7-2-8-20-32)55(43(47(39)48)31-17-5-1-6-18-31)29-30-56-45(33-21-9-3-10-22-33)49-41(53)37-27-15-16-28-38(37)42(54)50(49)46(56)34-23-11-4-12-24-34;2*31-25-23-18-10-11-19-24(23)26(32)30-28(21-14-6-2-7-15-21)33(22-16-8-3-9-17-22)27(29(25)30)20-12-4-1-5-13-20;;;;;;/h1-28,43-46H,29-30H2;2*1-19,27-28H;2*1H3;2*1H;;/q;;;2*-1;;;2*+2/p+2/t43-,44-,45-,46-;2*27-,28-;;;;;;/m000....../s1. The Balaban J connectivity index is 0.000000145. The smallest absolute Gasteiger partial charge is 2.00 e. The van der Waals surface area contributed by atoms with E-state index in [1.54, 1.807) is 86.0 Å². The summed E-state index contributed by atoms with van der Waals surface area (Å²) in [7, 11) is 3.23. The molecule has 18 aromatic rings. The van der Waals surface area contributed by atoms with Crippen molar-refractivity contribution in [2.75, 3.05) is 12.3 Å². The van der Waals surface area contributed by atoms with Crippen molar-refractivity contribution in [1.82, 2.24) is 37.5 Å². The van der Waals surface area contributed by atoms with E-state index in [0.717, 1.165) is 56.8 Å². The molecule has 0 spiro atoms. The molecule has 0 amide bonds. The predicted octanol–water partition coefficient (Wildman–Crippen LogP) is 19.9. The SMILES string of the molecule is O=c1c2ccccc2c(=O)n2n1[C@H](c1ccccc1)[PH+](CC[PH+]1[C@@H](c3ccccc3)n3c(=O)c4ccccc4c(=O)n3[C@@H]1c1ccccc1)[C@H]2c1ccccc1.O=c1c2ccccc2c(=O)n2n1[C@H](c1ccccc1)[PH+](c1ccccc1)[C@H]2c1ccccc1.O=c1c2ccccc2c(=O)n2n1[C@H](c1ccccc1)[PH+](c1ccccc1)[C@H]2c1ccccc1.[CH3-].[CH3-].[Cl][Pt][Cl].[Pt+2]. The molecular formula is C104H88Cl2N8O8P4Pt2+4. The van der Waals surface area contributed by atoms with Crippen molar-refractivity contribution in [3.63, 3.8) is 0 Å². The van der Waals surface area contributed by atoms with Gasteiger partial charge in [-0.1, -0.05) is 328 Å². The number of aromatic nitrogens is 8. The van der Waals surface area contributed by atoms with Crippen LogP contribution in [-0.4, -0.2) is 49.8 Å².